The molecule has 3 rings (SSSR count). The normalized spacial score (nSPS) is 54.3. The third-order valence-corrected chi connectivity index (χ3v) is 5.26. The van der Waals surface area contributed by atoms with E-state index < -0.39 is 79.9 Å². The molecule has 3 heterocycles. The minimum atomic E-state index is -1.70. The fourth-order valence-electron chi connectivity index (χ4n) is 3.44. The molecular weight excluding hydrogens is 400 g/mol. The van der Waals surface area contributed by atoms with Crippen molar-refractivity contribution in [2.75, 3.05) is 13.2 Å². The molecule has 0 bridgehead atoms. The van der Waals surface area contributed by atoms with Crippen LogP contribution in [0.25, 0.3) is 0 Å². The highest BCUT2D eigenvalue weighted by Crippen LogP contribution is 2.30. The van der Waals surface area contributed by atoms with Crippen molar-refractivity contribution in [2.24, 2.45) is 0 Å². The number of hydrogen-bond acceptors (Lipinski definition) is 13. The van der Waals surface area contributed by atoms with Crippen molar-refractivity contribution in [1.29, 1.82) is 0 Å². The van der Waals surface area contributed by atoms with E-state index in [0.717, 1.165) is 0 Å². The van der Waals surface area contributed by atoms with Crippen LogP contribution in [-0.4, -0.2) is 134 Å². The van der Waals surface area contributed by atoms with Crippen LogP contribution in [0.5, 0.6) is 0 Å². The van der Waals surface area contributed by atoms with Gasteiger partial charge in [0.25, 0.3) is 0 Å². The maximum Gasteiger partial charge on any atom is 0.187 e. The minimum Gasteiger partial charge on any atom is -0.388 e. The molecule has 0 radical (unpaired) electrons. The lowest BCUT2D eigenvalue weighted by molar-refractivity contribution is -0.367. The number of rotatable bonds is 4. The van der Waals surface area contributed by atoms with Gasteiger partial charge in [-0.1, -0.05) is 0 Å². The molecule has 0 aliphatic carbocycles. The first-order valence-corrected chi connectivity index (χ1v) is 9.26. The van der Waals surface area contributed by atoms with Crippen LogP contribution >= 0.6 is 0 Å². The fraction of sp³-hybridized carbons (Fsp3) is 1.00. The molecule has 13 atom stereocenters. The van der Waals surface area contributed by atoms with Gasteiger partial charge in [-0.05, 0) is 6.92 Å². The van der Waals surface area contributed by atoms with Crippen LogP contribution in [0.1, 0.15) is 6.92 Å². The van der Waals surface area contributed by atoms with E-state index in [4.69, 9.17) is 23.7 Å². The fourth-order valence-corrected chi connectivity index (χ4v) is 3.44. The monoisotopic (exact) mass is 428 g/mol. The van der Waals surface area contributed by atoms with Gasteiger partial charge in [-0.15, -0.1) is 0 Å². The van der Waals surface area contributed by atoms with Crippen molar-refractivity contribution in [2.45, 2.75) is 86.8 Å². The molecule has 13 heteroatoms. The predicted molar refractivity (Wildman–Crippen MR) is 87.8 cm³/mol. The van der Waals surface area contributed by atoms with Gasteiger partial charge in [-0.2, -0.15) is 0 Å². The average Bonchev–Trinajstić information content (AvgIpc) is 2.68. The molecule has 0 aromatic rings. The molecule has 3 fully saturated rings. The summed E-state index contributed by atoms with van der Waals surface area (Å²) in [6.07, 6.45) is -18.7. The van der Waals surface area contributed by atoms with Gasteiger partial charge in [0.15, 0.2) is 18.9 Å². The summed E-state index contributed by atoms with van der Waals surface area (Å²) in [6.45, 7) is 0.847. The van der Waals surface area contributed by atoms with Crippen LogP contribution in [0.4, 0.5) is 0 Å². The lowest BCUT2D eigenvalue weighted by Gasteiger charge is -2.46. The lowest BCUT2D eigenvalue weighted by Crippen LogP contribution is -2.63. The van der Waals surface area contributed by atoms with E-state index in [0.29, 0.717) is 0 Å². The summed E-state index contributed by atoms with van der Waals surface area (Å²) < 4.78 is 26.3. The topological polar surface area (TPSA) is 208 Å². The van der Waals surface area contributed by atoms with Crippen LogP contribution in [0, 0.1) is 0 Å². The molecule has 170 valence electrons. The third kappa shape index (κ3) is 4.72. The van der Waals surface area contributed by atoms with Gasteiger partial charge in [0.05, 0.1) is 19.3 Å². The van der Waals surface area contributed by atoms with Crippen molar-refractivity contribution in [3.63, 3.8) is 0 Å². The molecule has 0 aromatic carbocycles. The summed E-state index contributed by atoms with van der Waals surface area (Å²) in [5, 5.41) is 79.4. The Morgan fingerprint density at radius 2 is 1.17 bits per heavy atom. The molecule has 0 saturated carbocycles. The van der Waals surface area contributed by atoms with E-state index in [2.05, 4.69) is 0 Å². The molecule has 13 nitrogen and oxygen atoms in total. The molecule has 0 aromatic heterocycles. The first-order chi connectivity index (χ1) is 13.6. The third-order valence-electron chi connectivity index (χ3n) is 5.26. The van der Waals surface area contributed by atoms with E-state index >= 15 is 0 Å². The van der Waals surface area contributed by atoms with Crippen molar-refractivity contribution in [3.05, 3.63) is 0 Å². The van der Waals surface area contributed by atoms with E-state index in [9.17, 15) is 40.9 Å². The highest BCUT2D eigenvalue weighted by molar-refractivity contribution is 4.92. The molecular formula is C16H28O13. The molecule has 3 saturated heterocycles. The molecule has 0 amide bonds. The zero-order valence-corrected chi connectivity index (χ0v) is 15.5. The summed E-state index contributed by atoms with van der Waals surface area (Å²) in [7, 11) is 0. The number of aliphatic hydroxyl groups excluding tert-OH is 8. The molecule has 0 spiro atoms. The summed E-state index contributed by atoms with van der Waals surface area (Å²) >= 11 is 0. The van der Waals surface area contributed by atoms with Crippen molar-refractivity contribution in [3.8, 4) is 0 Å². The number of aliphatic hydroxyl groups is 8. The second-order valence-electron chi connectivity index (χ2n) is 7.42. The Bertz CT molecular complexity index is 537. The zero-order chi connectivity index (χ0) is 21.5. The van der Waals surface area contributed by atoms with Crippen molar-refractivity contribution < 1.29 is 64.5 Å². The van der Waals surface area contributed by atoms with Crippen LogP contribution in [0.3, 0.4) is 0 Å². The van der Waals surface area contributed by atoms with E-state index in [-0.39, 0.29) is 13.2 Å². The second kappa shape index (κ2) is 9.32. The standard InChI is InChI=1S/C16H28O13/c1-4-12(28-15-10(22)7(19)5(17)3-26-15)9(21)11(23)16(27-4)29-13-8(20)6(18)2-25-14(13)24/h4-24H,2-3H2,1H3/t4-,5+,6-,7-,8-,9-,10+,11+,12-,13+,14+,15-,16-/m0/s1. The smallest absolute Gasteiger partial charge is 0.187 e. The summed E-state index contributed by atoms with van der Waals surface area (Å²) in [5.74, 6) is 0. The van der Waals surface area contributed by atoms with Crippen LogP contribution in [0.15, 0.2) is 0 Å². The average molecular weight is 428 g/mol. The predicted octanol–water partition coefficient (Wildman–Crippen LogP) is -5.27. The van der Waals surface area contributed by atoms with E-state index in [1.165, 1.54) is 6.92 Å². The summed E-state index contributed by atoms with van der Waals surface area (Å²) in [6, 6.07) is 0. The maximum absolute atomic E-state index is 10.4. The molecule has 3 aliphatic rings. The van der Waals surface area contributed by atoms with E-state index in [1.54, 1.807) is 0 Å². The highest BCUT2D eigenvalue weighted by atomic mass is 16.7. The maximum atomic E-state index is 10.4. The van der Waals surface area contributed by atoms with Crippen LogP contribution < -0.4 is 0 Å². The van der Waals surface area contributed by atoms with Crippen LogP contribution in [-0.2, 0) is 23.7 Å². The first-order valence-electron chi connectivity index (χ1n) is 9.26. The molecule has 0 unspecified atom stereocenters. The zero-order valence-electron chi connectivity index (χ0n) is 15.5. The largest absolute Gasteiger partial charge is 0.388 e. The van der Waals surface area contributed by atoms with Gasteiger partial charge < -0.3 is 64.5 Å². The van der Waals surface area contributed by atoms with Gasteiger partial charge in [-0.25, -0.2) is 0 Å². The summed E-state index contributed by atoms with van der Waals surface area (Å²) in [5.41, 5.74) is 0. The Hall–Kier alpha value is -0.520. The highest BCUT2D eigenvalue weighted by Gasteiger charge is 2.50. The first kappa shape index (κ1) is 23.1. The summed E-state index contributed by atoms with van der Waals surface area (Å²) in [4.78, 5) is 0. The second-order valence-corrected chi connectivity index (χ2v) is 7.42. The van der Waals surface area contributed by atoms with Crippen molar-refractivity contribution in [1.82, 2.24) is 0 Å². The van der Waals surface area contributed by atoms with Gasteiger partial charge in [-0.3, -0.25) is 0 Å². The Morgan fingerprint density at radius 1 is 0.621 bits per heavy atom. The molecule has 29 heavy (non-hydrogen) atoms. The SMILES string of the molecule is C[C@@H]1O[C@@H](O[C@@H]2[C@@H](O)[C@@H](O)CO[C@H]2O)[C@H](O)[C@H](O)[C@H]1O[C@@H]1OC[C@@H](O)[C@H](O)[C@H]1O. The Balaban J connectivity index is 1.63. The van der Waals surface area contributed by atoms with Gasteiger partial charge in [0, 0.05) is 0 Å². The van der Waals surface area contributed by atoms with Gasteiger partial charge in [0.2, 0.25) is 0 Å². The molecule has 3 aliphatic heterocycles. The lowest BCUT2D eigenvalue weighted by atomic mass is 9.98. The minimum absolute atomic E-state index is 0.310. The number of hydrogen-bond donors (Lipinski definition) is 8. The molecule has 8 N–H and O–H groups in total. The quantitative estimate of drug-likeness (QED) is 0.211. The van der Waals surface area contributed by atoms with Crippen molar-refractivity contribution >= 4 is 0 Å². The van der Waals surface area contributed by atoms with Crippen LogP contribution in [0.2, 0.25) is 0 Å². The van der Waals surface area contributed by atoms with Gasteiger partial charge >= 0.3 is 0 Å². The van der Waals surface area contributed by atoms with E-state index in [1.807, 2.05) is 0 Å². The Morgan fingerprint density at radius 3 is 1.86 bits per heavy atom. The Labute approximate surface area is 165 Å². The number of ether oxygens (including phenoxy) is 5. The Kier molecular flexibility index (Phi) is 7.44. The van der Waals surface area contributed by atoms with Gasteiger partial charge in [0.1, 0.15) is 54.9 Å².